The summed E-state index contributed by atoms with van der Waals surface area (Å²) in [5, 5.41) is 0.372. The highest BCUT2D eigenvalue weighted by Crippen LogP contribution is 2.14. The zero-order valence-electron chi connectivity index (χ0n) is 17.1. The zero-order chi connectivity index (χ0) is 21.2. The monoisotopic (exact) mass is 414 g/mol. The lowest BCUT2D eigenvalue weighted by Crippen LogP contribution is -1.92. The Balaban J connectivity index is 1.55. The van der Waals surface area contributed by atoms with E-state index in [1.54, 1.807) is 12.1 Å². The fourth-order valence-corrected chi connectivity index (χ4v) is 3.12. The second kappa shape index (κ2) is 11.3. The van der Waals surface area contributed by atoms with Gasteiger partial charge < -0.3 is 0 Å². The largest absolute Gasteiger partial charge is 0.206 e. The first-order valence-electron chi connectivity index (χ1n) is 10.3. The van der Waals surface area contributed by atoms with Crippen LogP contribution in [0.5, 0.6) is 0 Å². The zero-order valence-corrected chi connectivity index (χ0v) is 17.9. The van der Waals surface area contributed by atoms with Crippen LogP contribution >= 0.6 is 11.6 Å². The van der Waals surface area contributed by atoms with Crippen molar-refractivity contribution in [3.8, 4) is 23.7 Å². The van der Waals surface area contributed by atoms with Gasteiger partial charge in [0.2, 0.25) is 0 Å². The van der Waals surface area contributed by atoms with Crippen molar-refractivity contribution in [2.24, 2.45) is 0 Å². The number of hydrogen-bond acceptors (Lipinski definition) is 0. The Hall–Kier alpha value is -3.00. The van der Waals surface area contributed by atoms with E-state index in [1.165, 1.54) is 23.6 Å². The van der Waals surface area contributed by atoms with Gasteiger partial charge in [-0.2, -0.15) is 0 Å². The molecule has 3 rings (SSSR count). The second-order valence-corrected chi connectivity index (χ2v) is 7.61. The normalized spacial score (nSPS) is 9.97. The van der Waals surface area contributed by atoms with Crippen LogP contribution in [0.15, 0.2) is 66.7 Å². The van der Waals surface area contributed by atoms with Gasteiger partial charge in [0.1, 0.15) is 5.82 Å². The van der Waals surface area contributed by atoms with Gasteiger partial charge in [0.15, 0.2) is 0 Å². The Bertz CT molecular complexity index is 1090. The Labute approximate surface area is 184 Å². The highest BCUT2D eigenvalue weighted by molar-refractivity contribution is 6.30. The Morgan fingerprint density at radius 2 is 1.37 bits per heavy atom. The van der Waals surface area contributed by atoms with E-state index in [0.717, 1.165) is 36.8 Å². The van der Waals surface area contributed by atoms with Crippen LogP contribution in [0, 0.1) is 29.5 Å². The van der Waals surface area contributed by atoms with Gasteiger partial charge in [0.05, 0.1) is 5.56 Å². The Kier molecular flexibility index (Phi) is 8.14. The second-order valence-electron chi connectivity index (χ2n) is 7.17. The first-order chi connectivity index (χ1) is 14.6. The van der Waals surface area contributed by atoms with E-state index in [9.17, 15) is 4.39 Å². The maximum atomic E-state index is 13.8. The smallest absolute Gasteiger partial charge is 0.140 e. The summed E-state index contributed by atoms with van der Waals surface area (Å²) in [5.41, 5.74) is 4.84. The van der Waals surface area contributed by atoms with Crippen molar-refractivity contribution in [1.29, 1.82) is 0 Å². The van der Waals surface area contributed by atoms with Crippen molar-refractivity contribution in [1.82, 2.24) is 0 Å². The Morgan fingerprint density at radius 3 is 1.93 bits per heavy atom. The summed E-state index contributed by atoms with van der Waals surface area (Å²) in [7, 11) is 0. The minimum absolute atomic E-state index is 0.349. The average molecular weight is 415 g/mol. The third-order valence-electron chi connectivity index (χ3n) is 4.77. The van der Waals surface area contributed by atoms with Crippen LogP contribution in [0.2, 0.25) is 5.02 Å². The molecular weight excluding hydrogens is 391 g/mol. The molecule has 30 heavy (non-hydrogen) atoms. The van der Waals surface area contributed by atoms with Crippen molar-refractivity contribution < 1.29 is 4.39 Å². The molecule has 0 aliphatic rings. The molecule has 0 unspecified atom stereocenters. The molecule has 0 heterocycles. The summed E-state index contributed by atoms with van der Waals surface area (Å²) < 4.78 is 13.8. The van der Waals surface area contributed by atoms with Crippen molar-refractivity contribution in [2.45, 2.75) is 39.0 Å². The quantitative estimate of drug-likeness (QED) is 0.305. The van der Waals surface area contributed by atoms with Gasteiger partial charge in [-0.25, -0.2) is 4.39 Å². The lowest BCUT2D eigenvalue weighted by Gasteiger charge is -2.03. The van der Waals surface area contributed by atoms with Crippen LogP contribution in [0.25, 0.3) is 0 Å². The molecule has 0 amide bonds. The van der Waals surface area contributed by atoms with Gasteiger partial charge in [-0.05, 0) is 72.9 Å². The lowest BCUT2D eigenvalue weighted by atomic mass is 10.0. The molecule has 0 saturated heterocycles. The molecule has 0 aliphatic heterocycles. The van der Waals surface area contributed by atoms with E-state index >= 15 is 0 Å². The third-order valence-corrected chi connectivity index (χ3v) is 5.01. The molecule has 2 heteroatoms. The average Bonchev–Trinajstić information content (AvgIpc) is 2.76. The van der Waals surface area contributed by atoms with E-state index in [1.807, 2.05) is 12.1 Å². The summed E-state index contributed by atoms with van der Waals surface area (Å²) >= 11 is 5.77. The summed E-state index contributed by atoms with van der Waals surface area (Å²) in [4.78, 5) is 0. The molecule has 3 aromatic rings. The predicted octanol–water partition coefficient (Wildman–Crippen LogP) is 7.21. The molecule has 0 spiro atoms. The number of rotatable bonds is 5. The number of benzene rings is 3. The maximum absolute atomic E-state index is 13.8. The van der Waals surface area contributed by atoms with Crippen LogP contribution in [0.1, 0.15) is 54.0 Å². The van der Waals surface area contributed by atoms with Gasteiger partial charge in [0.25, 0.3) is 0 Å². The fraction of sp³-hybridized carbons (Fsp3) is 0.214. The van der Waals surface area contributed by atoms with Crippen LogP contribution in [0.4, 0.5) is 4.39 Å². The minimum Gasteiger partial charge on any atom is -0.206 e. The van der Waals surface area contributed by atoms with Crippen molar-refractivity contribution >= 4 is 11.6 Å². The molecule has 0 saturated carbocycles. The molecule has 0 aliphatic carbocycles. The first-order valence-corrected chi connectivity index (χ1v) is 10.7. The molecule has 0 bridgehead atoms. The Morgan fingerprint density at radius 1 is 0.767 bits per heavy atom. The summed E-state index contributed by atoms with van der Waals surface area (Å²) in [6, 6.07) is 21.1. The van der Waals surface area contributed by atoms with Crippen LogP contribution in [0.3, 0.4) is 0 Å². The summed E-state index contributed by atoms with van der Waals surface area (Å²) in [6.07, 6.45) is 5.24. The minimum atomic E-state index is -0.399. The molecular formula is C28H24ClF. The third kappa shape index (κ3) is 6.81. The highest BCUT2D eigenvalue weighted by atomic mass is 35.5. The number of aryl methyl sites for hydroxylation is 2. The van der Waals surface area contributed by atoms with Crippen molar-refractivity contribution in [3.05, 3.63) is 105 Å². The topological polar surface area (TPSA) is 0 Å². The van der Waals surface area contributed by atoms with E-state index < -0.39 is 5.82 Å². The van der Waals surface area contributed by atoms with Crippen LogP contribution < -0.4 is 0 Å². The highest BCUT2D eigenvalue weighted by Gasteiger charge is 2.00. The predicted molar refractivity (Wildman–Crippen MR) is 124 cm³/mol. The van der Waals surface area contributed by atoms with Gasteiger partial charge in [0, 0.05) is 22.6 Å². The SMILES string of the molecule is CCCCC#Cc1ccc(CCc2ccc(C#Cc3ccc(Cl)cc3F)cc2)cc1. The van der Waals surface area contributed by atoms with Gasteiger partial charge >= 0.3 is 0 Å². The van der Waals surface area contributed by atoms with Crippen LogP contribution in [-0.4, -0.2) is 0 Å². The molecule has 0 N–H and O–H groups in total. The van der Waals surface area contributed by atoms with Crippen molar-refractivity contribution in [3.63, 3.8) is 0 Å². The fourth-order valence-electron chi connectivity index (χ4n) is 2.96. The molecule has 0 nitrogen and oxygen atoms in total. The van der Waals surface area contributed by atoms with Gasteiger partial charge in [-0.3, -0.25) is 0 Å². The molecule has 0 radical (unpaired) electrons. The standard InChI is InChI=1S/C28H24ClF/c1-2-3-4-5-6-22-7-9-23(10-8-22)11-12-24-13-15-25(16-14-24)17-18-26-19-20-27(29)21-28(26)30/h7-10,13-16,19-21H,2-4,11-12H2,1H3. The van der Waals surface area contributed by atoms with Crippen molar-refractivity contribution in [2.75, 3.05) is 0 Å². The molecule has 3 aromatic carbocycles. The van der Waals surface area contributed by atoms with E-state index in [2.05, 4.69) is 67.0 Å². The van der Waals surface area contributed by atoms with E-state index in [-0.39, 0.29) is 0 Å². The number of unbranched alkanes of at least 4 members (excludes halogenated alkanes) is 2. The maximum Gasteiger partial charge on any atom is 0.140 e. The molecule has 0 aromatic heterocycles. The number of halogens is 2. The molecule has 0 atom stereocenters. The van der Waals surface area contributed by atoms with Gasteiger partial charge in [-0.1, -0.05) is 72.9 Å². The molecule has 0 fully saturated rings. The molecule has 150 valence electrons. The van der Waals surface area contributed by atoms with E-state index in [4.69, 9.17) is 11.6 Å². The van der Waals surface area contributed by atoms with Crippen LogP contribution in [-0.2, 0) is 12.8 Å². The van der Waals surface area contributed by atoms with Gasteiger partial charge in [-0.15, -0.1) is 0 Å². The summed E-state index contributed by atoms with van der Waals surface area (Å²) in [5.74, 6) is 11.9. The lowest BCUT2D eigenvalue weighted by molar-refractivity contribution is 0.624. The number of hydrogen-bond donors (Lipinski definition) is 0. The van der Waals surface area contributed by atoms with E-state index in [0.29, 0.717) is 10.6 Å². The summed E-state index contributed by atoms with van der Waals surface area (Å²) in [6.45, 7) is 2.18. The first kappa shape index (κ1) is 21.7.